The maximum absolute atomic E-state index is 13.3. The van der Waals surface area contributed by atoms with Gasteiger partial charge in [0.05, 0.1) is 18.2 Å². The first-order chi connectivity index (χ1) is 8.43. The number of ether oxygens (including phenoxy) is 1. The largest absolute Gasteiger partial charge is 0.465 e. The Morgan fingerprint density at radius 1 is 1.33 bits per heavy atom. The zero-order valence-electron chi connectivity index (χ0n) is 9.14. The maximum Gasteiger partial charge on any atom is 0.328 e. The molecule has 18 heavy (non-hydrogen) atoms. The van der Waals surface area contributed by atoms with Crippen molar-refractivity contribution in [2.24, 2.45) is 0 Å². The summed E-state index contributed by atoms with van der Waals surface area (Å²) in [5, 5.41) is 8.68. The maximum atomic E-state index is 13.3. The van der Waals surface area contributed by atoms with Gasteiger partial charge in [-0.15, -0.1) is 0 Å². The van der Waals surface area contributed by atoms with E-state index in [9.17, 15) is 22.4 Å². The highest BCUT2D eigenvalue weighted by molar-refractivity contribution is 5.81. The number of benzene rings is 1. The molecule has 1 atom stereocenters. The number of nitriles is 1. The highest BCUT2D eigenvalue weighted by atomic mass is 19.2. The van der Waals surface area contributed by atoms with Crippen LogP contribution in [0.5, 0.6) is 0 Å². The molecule has 0 fully saturated rings. The minimum atomic E-state index is -2.06. The van der Waals surface area contributed by atoms with Crippen LogP contribution in [0, 0.1) is 34.6 Å². The number of nitrogens with zero attached hydrogens (tertiary/aromatic N) is 1. The van der Waals surface area contributed by atoms with E-state index in [-0.39, 0.29) is 12.7 Å². The predicted molar refractivity (Wildman–Crippen MR) is 51.3 cm³/mol. The lowest BCUT2D eigenvalue weighted by molar-refractivity contribution is -0.143. The topological polar surface area (TPSA) is 50.1 Å². The van der Waals surface area contributed by atoms with Gasteiger partial charge in [0.25, 0.3) is 0 Å². The Morgan fingerprint density at radius 2 is 1.83 bits per heavy atom. The number of rotatable bonds is 3. The van der Waals surface area contributed by atoms with E-state index in [4.69, 9.17) is 5.26 Å². The molecule has 0 aliphatic rings. The fourth-order valence-electron chi connectivity index (χ4n) is 1.31. The summed E-state index contributed by atoms with van der Waals surface area (Å²) in [5.74, 6) is -10.3. The van der Waals surface area contributed by atoms with Crippen molar-refractivity contribution in [1.82, 2.24) is 0 Å². The van der Waals surface area contributed by atoms with E-state index in [2.05, 4.69) is 4.74 Å². The van der Waals surface area contributed by atoms with Crippen molar-refractivity contribution >= 4 is 5.97 Å². The van der Waals surface area contributed by atoms with Gasteiger partial charge in [-0.25, -0.2) is 17.6 Å². The van der Waals surface area contributed by atoms with Crippen molar-refractivity contribution in [3.05, 3.63) is 34.9 Å². The molecule has 0 amide bonds. The minimum Gasteiger partial charge on any atom is -0.465 e. The van der Waals surface area contributed by atoms with Crippen LogP contribution in [0.1, 0.15) is 18.4 Å². The average molecular weight is 261 g/mol. The minimum absolute atomic E-state index is 0.00620. The smallest absolute Gasteiger partial charge is 0.328 e. The third-order valence-corrected chi connectivity index (χ3v) is 2.09. The summed E-state index contributed by atoms with van der Waals surface area (Å²) in [5.41, 5.74) is -1.28. The van der Waals surface area contributed by atoms with E-state index in [0.717, 1.165) is 0 Å². The molecule has 0 saturated heterocycles. The van der Waals surface area contributed by atoms with Crippen LogP contribution in [0.3, 0.4) is 0 Å². The van der Waals surface area contributed by atoms with Crippen LogP contribution in [0.25, 0.3) is 0 Å². The second-order valence-electron chi connectivity index (χ2n) is 3.20. The first-order valence-corrected chi connectivity index (χ1v) is 4.83. The molecule has 1 aromatic carbocycles. The van der Waals surface area contributed by atoms with Crippen LogP contribution >= 0.6 is 0 Å². The van der Waals surface area contributed by atoms with Crippen LogP contribution in [0.15, 0.2) is 6.07 Å². The van der Waals surface area contributed by atoms with Gasteiger partial charge in [-0.2, -0.15) is 5.26 Å². The van der Waals surface area contributed by atoms with E-state index >= 15 is 0 Å². The number of carbonyl (C=O) groups is 1. The van der Waals surface area contributed by atoms with Gasteiger partial charge in [0, 0.05) is 6.07 Å². The molecular formula is C11H7F4NO2. The van der Waals surface area contributed by atoms with Gasteiger partial charge >= 0.3 is 5.97 Å². The molecule has 0 spiro atoms. The lowest BCUT2D eigenvalue weighted by atomic mass is 9.99. The molecule has 1 rings (SSSR count). The summed E-state index contributed by atoms with van der Waals surface area (Å²) in [4.78, 5) is 11.3. The number of esters is 1. The van der Waals surface area contributed by atoms with Crippen LogP contribution in [-0.2, 0) is 9.53 Å². The van der Waals surface area contributed by atoms with Gasteiger partial charge in [-0.1, -0.05) is 0 Å². The van der Waals surface area contributed by atoms with Gasteiger partial charge in [-0.3, -0.25) is 4.79 Å². The van der Waals surface area contributed by atoms with Crippen molar-refractivity contribution < 1.29 is 27.1 Å². The molecule has 0 saturated carbocycles. The first kappa shape index (κ1) is 14.0. The van der Waals surface area contributed by atoms with Crippen molar-refractivity contribution in [2.45, 2.75) is 12.8 Å². The van der Waals surface area contributed by atoms with Gasteiger partial charge in [0.15, 0.2) is 29.2 Å². The Kier molecular flexibility index (Phi) is 4.26. The molecular weight excluding hydrogens is 254 g/mol. The van der Waals surface area contributed by atoms with Gasteiger partial charge in [0.2, 0.25) is 0 Å². The number of hydrogen-bond acceptors (Lipinski definition) is 3. The van der Waals surface area contributed by atoms with Crippen LogP contribution in [0.4, 0.5) is 17.6 Å². The van der Waals surface area contributed by atoms with Crippen molar-refractivity contribution in [2.75, 3.05) is 6.61 Å². The summed E-state index contributed by atoms with van der Waals surface area (Å²) in [6, 6.07) is 1.24. The molecule has 0 aliphatic carbocycles. The van der Waals surface area contributed by atoms with Crippen LogP contribution < -0.4 is 0 Å². The number of carbonyl (C=O) groups excluding carboxylic acids is 1. The second kappa shape index (κ2) is 5.49. The lowest BCUT2D eigenvalue weighted by Gasteiger charge is -2.11. The van der Waals surface area contributed by atoms with Crippen molar-refractivity contribution in [1.29, 1.82) is 5.26 Å². The molecule has 0 radical (unpaired) electrons. The van der Waals surface area contributed by atoms with Crippen molar-refractivity contribution in [3.8, 4) is 6.07 Å². The summed E-state index contributed by atoms with van der Waals surface area (Å²) < 4.78 is 56.9. The van der Waals surface area contributed by atoms with E-state index in [0.29, 0.717) is 0 Å². The Hall–Kier alpha value is -2.10. The summed E-state index contributed by atoms with van der Waals surface area (Å²) >= 11 is 0. The Morgan fingerprint density at radius 3 is 2.22 bits per heavy atom. The van der Waals surface area contributed by atoms with Crippen LogP contribution in [-0.4, -0.2) is 12.6 Å². The molecule has 0 aliphatic heterocycles. The molecule has 0 bridgehead atoms. The predicted octanol–water partition coefficient (Wildman–Crippen LogP) is 2.41. The quantitative estimate of drug-likeness (QED) is 0.477. The van der Waals surface area contributed by atoms with Gasteiger partial charge < -0.3 is 4.74 Å². The van der Waals surface area contributed by atoms with E-state index in [1.807, 2.05) is 0 Å². The average Bonchev–Trinajstić information content (AvgIpc) is 2.32. The van der Waals surface area contributed by atoms with Gasteiger partial charge in [-0.05, 0) is 6.92 Å². The van der Waals surface area contributed by atoms with E-state index in [1.165, 1.54) is 13.0 Å². The Balaban J connectivity index is 3.39. The zero-order chi connectivity index (χ0) is 13.9. The molecule has 3 nitrogen and oxygen atoms in total. The third kappa shape index (κ3) is 2.42. The molecule has 96 valence electrons. The number of halogens is 4. The molecule has 0 aromatic heterocycles. The summed E-state index contributed by atoms with van der Waals surface area (Å²) in [6.45, 7) is 1.27. The van der Waals surface area contributed by atoms with E-state index in [1.54, 1.807) is 0 Å². The fraction of sp³-hybridized carbons (Fsp3) is 0.273. The molecule has 0 unspecified atom stereocenters. The first-order valence-electron chi connectivity index (χ1n) is 4.83. The highest BCUT2D eigenvalue weighted by Crippen LogP contribution is 2.27. The lowest BCUT2D eigenvalue weighted by Crippen LogP contribution is -2.18. The Labute approximate surface area is 99.6 Å². The van der Waals surface area contributed by atoms with E-state index < -0.39 is 40.7 Å². The normalized spacial score (nSPS) is 11.8. The fourth-order valence-corrected chi connectivity index (χ4v) is 1.31. The standard InChI is InChI=1S/C11H7F4NO2/c1-2-18-11(17)5(4-16)8-9(14)6(12)3-7(13)10(8)15/h3,5H,2H2,1H3/t5-/m0/s1. The SMILES string of the molecule is CCOC(=O)[C@@H](C#N)c1c(F)c(F)cc(F)c1F. The summed E-state index contributed by atoms with van der Waals surface area (Å²) in [6.07, 6.45) is 0. The molecule has 0 heterocycles. The molecule has 1 aromatic rings. The molecule has 7 heteroatoms. The monoisotopic (exact) mass is 261 g/mol. The second-order valence-corrected chi connectivity index (χ2v) is 3.20. The van der Waals surface area contributed by atoms with Crippen molar-refractivity contribution in [3.63, 3.8) is 0 Å². The summed E-state index contributed by atoms with van der Waals surface area (Å²) in [7, 11) is 0. The zero-order valence-corrected chi connectivity index (χ0v) is 9.14. The molecule has 0 N–H and O–H groups in total. The number of hydrogen-bond donors (Lipinski definition) is 0. The van der Waals surface area contributed by atoms with Gasteiger partial charge in [0.1, 0.15) is 0 Å². The highest BCUT2D eigenvalue weighted by Gasteiger charge is 2.32. The Bertz CT molecular complexity index is 499. The van der Waals surface area contributed by atoms with Crippen LogP contribution in [0.2, 0.25) is 0 Å². The third-order valence-electron chi connectivity index (χ3n) is 2.09.